The van der Waals surface area contributed by atoms with Crippen molar-refractivity contribution < 1.29 is 27.5 Å². The Labute approximate surface area is 150 Å². The molecule has 10 heteroatoms. The first-order valence-electron chi connectivity index (χ1n) is 7.89. The Bertz CT molecular complexity index is 790. The van der Waals surface area contributed by atoms with Crippen molar-refractivity contribution >= 4 is 33.4 Å². The fraction of sp³-hybridized carbons (Fsp3) is 0.600. The van der Waals surface area contributed by atoms with Crippen molar-refractivity contribution in [3.05, 3.63) is 16.3 Å². The summed E-state index contributed by atoms with van der Waals surface area (Å²) in [5, 5.41) is 1.56. The highest BCUT2D eigenvalue weighted by molar-refractivity contribution is 7.89. The van der Waals surface area contributed by atoms with Gasteiger partial charge in [-0.1, -0.05) is 0 Å². The molecule has 0 bridgehead atoms. The summed E-state index contributed by atoms with van der Waals surface area (Å²) in [4.78, 5) is 25.1. The first kappa shape index (κ1) is 18.2. The van der Waals surface area contributed by atoms with Crippen LogP contribution in [0.3, 0.4) is 0 Å². The highest BCUT2D eigenvalue weighted by atomic mass is 32.2. The van der Waals surface area contributed by atoms with Crippen LogP contribution >= 0.6 is 11.3 Å². The second-order valence-corrected chi connectivity index (χ2v) is 9.09. The quantitative estimate of drug-likeness (QED) is 0.729. The minimum absolute atomic E-state index is 0.0270. The van der Waals surface area contributed by atoms with Crippen molar-refractivity contribution in [1.82, 2.24) is 9.21 Å². The molecule has 0 radical (unpaired) electrons. The number of ether oxygens (including phenoxy) is 2. The zero-order valence-electron chi connectivity index (χ0n) is 14.1. The number of hydrogen-bond acceptors (Lipinski definition) is 7. The van der Waals surface area contributed by atoms with Crippen molar-refractivity contribution in [2.24, 2.45) is 0 Å². The van der Waals surface area contributed by atoms with Gasteiger partial charge in [0.25, 0.3) is 0 Å². The molecule has 2 fully saturated rings. The van der Waals surface area contributed by atoms with E-state index in [9.17, 15) is 18.0 Å². The van der Waals surface area contributed by atoms with Crippen LogP contribution in [0, 0.1) is 0 Å². The van der Waals surface area contributed by atoms with Crippen LogP contribution in [0.2, 0.25) is 0 Å². The molecule has 2 aliphatic heterocycles. The Balaban J connectivity index is 1.82. The van der Waals surface area contributed by atoms with E-state index in [1.54, 1.807) is 12.4 Å². The van der Waals surface area contributed by atoms with E-state index in [2.05, 4.69) is 4.74 Å². The van der Waals surface area contributed by atoms with Crippen LogP contribution in [0.25, 0.3) is 0 Å². The first-order chi connectivity index (χ1) is 11.8. The maximum absolute atomic E-state index is 13.0. The number of nitrogens with zero attached hydrogens (tertiary/aromatic N) is 2. The van der Waals surface area contributed by atoms with Crippen LogP contribution in [0.4, 0.5) is 4.79 Å². The summed E-state index contributed by atoms with van der Waals surface area (Å²) < 4.78 is 37.5. The molecule has 3 rings (SSSR count). The normalized spacial score (nSPS) is 25.0. The maximum Gasteiger partial charge on any atom is 0.410 e. The van der Waals surface area contributed by atoms with E-state index in [4.69, 9.17) is 4.74 Å². The van der Waals surface area contributed by atoms with E-state index >= 15 is 0 Å². The molecule has 3 heterocycles. The third kappa shape index (κ3) is 3.25. The molecule has 25 heavy (non-hydrogen) atoms. The molecule has 0 N–H and O–H groups in total. The zero-order chi connectivity index (χ0) is 18.2. The lowest BCUT2D eigenvalue weighted by molar-refractivity contribution is 0.0459. The predicted octanol–water partition coefficient (Wildman–Crippen LogP) is 1.53. The third-order valence-corrected chi connectivity index (χ3v) is 7.58. The lowest BCUT2D eigenvalue weighted by Gasteiger charge is -2.25. The molecule has 1 aromatic heterocycles. The second kappa shape index (κ2) is 6.58. The number of methoxy groups -OCH3 is 1. The van der Waals surface area contributed by atoms with Crippen molar-refractivity contribution in [1.29, 1.82) is 0 Å². The standard InChI is InChI=1S/C15H20N2O6S2/c1-16-10-15(23-14(16)19)5-3-7-17(8-6-15)25(20,21)11-4-9-24-12(11)13(18)22-2/h4,9H,3,5-8,10H2,1-2H3. The largest absolute Gasteiger partial charge is 0.465 e. The van der Waals surface area contributed by atoms with E-state index in [0.29, 0.717) is 32.4 Å². The zero-order valence-corrected chi connectivity index (χ0v) is 15.7. The van der Waals surface area contributed by atoms with Gasteiger partial charge in [-0.15, -0.1) is 11.3 Å². The van der Waals surface area contributed by atoms with Crippen LogP contribution in [-0.4, -0.2) is 69.1 Å². The molecule has 8 nitrogen and oxygen atoms in total. The second-order valence-electron chi connectivity index (χ2n) is 6.27. The average molecular weight is 388 g/mol. The minimum atomic E-state index is -3.81. The molecule has 1 unspecified atom stereocenters. The Hall–Kier alpha value is -1.65. The molecular weight excluding hydrogens is 368 g/mol. The number of rotatable bonds is 3. The maximum atomic E-state index is 13.0. The van der Waals surface area contributed by atoms with Gasteiger partial charge in [0.1, 0.15) is 15.4 Å². The van der Waals surface area contributed by atoms with Crippen molar-refractivity contribution in [3.8, 4) is 0 Å². The Morgan fingerprint density at radius 1 is 1.36 bits per heavy atom. The molecule has 1 atom stereocenters. The SMILES string of the molecule is COC(=O)c1sccc1S(=O)(=O)N1CCCC2(CC1)CN(C)C(=O)O2. The molecule has 0 saturated carbocycles. The van der Waals surface area contributed by atoms with Crippen LogP contribution in [0.15, 0.2) is 16.3 Å². The minimum Gasteiger partial charge on any atom is -0.465 e. The molecule has 0 aromatic carbocycles. The van der Waals surface area contributed by atoms with Crippen LogP contribution in [0.5, 0.6) is 0 Å². The molecule has 1 aromatic rings. The van der Waals surface area contributed by atoms with E-state index in [0.717, 1.165) is 11.3 Å². The van der Waals surface area contributed by atoms with Crippen LogP contribution in [0.1, 0.15) is 28.9 Å². The van der Waals surface area contributed by atoms with Gasteiger partial charge >= 0.3 is 12.1 Å². The molecular formula is C15H20N2O6S2. The molecule has 0 aliphatic carbocycles. The Morgan fingerprint density at radius 2 is 2.12 bits per heavy atom. The fourth-order valence-electron chi connectivity index (χ4n) is 3.32. The molecule has 1 amide bonds. The Kier molecular flexibility index (Phi) is 4.78. The topological polar surface area (TPSA) is 93.2 Å². The van der Waals surface area contributed by atoms with Gasteiger partial charge in [-0.3, -0.25) is 0 Å². The molecule has 138 valence electrons. The monoisotopic (exact) mass is 388 g/mol. The number of carbonyl (C=O) groups is 2. The van der Waals surface area contributed by atoms with Gasteiger partial charge in [0.15, 0.2) is 0 Å². The van der Waals surface area contributed by atoms with Gasteiger partial charge in [0.2, 0.25) is 10.0 Å². The van der Waals surface area contributed by atoms with Gasteiger partial charge < -0.3 is 14.4 Å². The summed E-state index contributed by atoms with van der Waals surface area (Å²) in [6.07, 6.45) is 1.25. The van der Waals surface area contributed by atoms with Crippen molar-refractivity contribution in [3.63, 3.8) is 0 Å². The number of hydrogen-bond donors (Lipinski definition) is 0. The number of carbonyl (C=O) groups excluding carboxylic acids is 2. The van der Waals surface area contributed by atoms with E-state index < -0.39 is 21.6 Å². The highest BCUT2D eigenvalue weighted by Crippen LogP contribution is 2.35. The van der Waals surface area contributed by atoms with Crippen molar-refractivity contribution in [2.75, 3.05) is 33.8 Å². The number of sulfonamides is 1. The first-order valence-corrected chi connectivity index (χ1v) is 10.2. The number of thiophene rings is 1. The molecule has 2 saturated heterocycles. The van der Waals surface area contributed by atoms with E-state index in [1.165, 1.54) is 22.4 Å². The predicted molar refractivity (Wildman–Crippen MR) is 90.1 cm³/mol. The summed E-state index contributed by atoms with van der Waals surface area (Å²) in [6, 6.07) is 1.43. The van der Waals surface area contributed by atoms with E-state index in [1.807, 2.05) is 0 Å². The van der Waals surface area contributed by atoms with Gasteiger partial charge in [-0.05, 0) is 24.3 Å². The molecule has 1 spiro atoms. The number of esters is 1. The van der Waals surface area contributed by atoms with E-state index in [-0.39, 0.29) is 22.4 Å². The van der Waals surface area contributed by atoms with Gasteiger partial charge in [-0.25, -0.2) is 18.0 Å². The number of likely N-dealkylation sites (N-methyl/N-ethyl adjacent to an activating group) is 1. The fourth-order valence-corrected chi connectivity index (χ4v) is 6.10. The summed E-state index contributed by atoms with van der Waals surface area (Å²) in [5.74, 6) is -0.661. The summed E-state index contributed by atoms with van der Waals surface area (Å²) in [7, 11) is -0.920. The lowest BCUT2D eigenvalue weighted by atomic mass is 9.95. The lowest BCUT2D eigenvalue weighted by Crippen LogP contribution is -2.37. The van der Waals surface area contributed by atoms with Crippen molar-refractivity contribution in [2.45, 2.75) is 29.8 Å². The average Bonchev–Trinajstić information content (AvgIpc) is 3.09. The summed E-state index contributed by atoms with van der Waals surface area (Å²) in [5.41, 5.74) is -0.629. The summed E-state index contributed by atoms with van der Waals surface area (Å²) >= 11 is 1.04. The molecule has 2 aliphatic rings. The smallest absolute Gasteiger partial charge is 0.410 e. The van der Waals surface area contributed by atoms with Gasteiger partial charge in [0.05, 0.1) is 13.7 Å². The third-order valence-electron chi connectivity index (χ3n) is 4.62. The van der Waals surface area contributed by atoms with Crippen LogP contribution in [-0.2, 0) is 19.5 Å². The highest BCUT2D eigenvalue weighted by Gasteiger charge is 2.45. The van der Waals surface area contributed by atoms with Gasteiger partial charge in [-0.2, -0.15) is 4.31 Å². The number of amides is 1. The Morgan fingerprint density at radius 3 is 2.76 bits per heavy atom. The summed E-state index contributed by atoms with van der Waals surface area (Å²) in [6.45, 7) is 1.02. The van der Waals surface area contributed by atoms with Gasteiger partial charge in [0, 0.05) is 26.6 Å². The van der Waals surface area contributed by atoms with Crippen LogP contribution < -0.4 is 0 Å².